The van der Waals surface area contributed by atoms with Gasteiger partial charge in [-0.3, -0.25) is 4.79 Å². The van der Waals surface area contributed by atoms with Gasteiger partial charge in [0.2, 0.25) is 5.88 Å². The molecule has 4 nitrogen and oxygen atoms in total. The van der Waals surface area contributed by atoms with Gasteiger partial charge in [0.05, 0.1) is 0 Å². The van der Waals surface area contributed by atoms with Crippen molar-refractivity contribution >= 4 is 0 Å². The van der Waals surface area contributed by atoms with Crippen LogP contribution in [0, 0.1) is 13.8 Å². The van der Waals surface area contributed by atoms with Crippen LogP contribution in [0.5, 0.6) is 5.88 Å². The van der Waals surface area contributed by atoms with Crippen molar-refractivity contribution < 1.29 is 5.11 Å². The van der Waals surface area contributed by atoms with Gasteiger partial charge in [-0.25, -0.2) is 4.98 Å². The van der Waals surface area contributed by atoms with E-state index in [4.69, 9.17) is 0 Å². The summed E-state index contributed by atoms with van der Waals surface area (Å²) in [6.45, 7) is 3.51. The van der Waals surface area contributed by atoms with Crippen LogP contribution in [0.3, 0.4) is 0 Å². The van der Waals surface area contributed by atoms with Crippen LogP contribution in [-0.4, -0.2) is 15.1 Å². The molecule has 0 aliphatic carbocycles. The van der Waals surface area contributed by atoms with Gasteiger partial charge in [-0.2, -0.15) is 0 Å². The first-order valence-corrected chi connectivity index (χ1v) is 4.95. The van der Waals surface area contributed by atoms with Crippen molar-refractivity contribution in [3.05, 3.63) is 46.0 Å². The molecule has 0 bridgehead atoms. The van der Waals surface area contributed by atoms with Crippen LogP contribution >= 0.6 is 0 Å². The first-order chi connectivity index (χ1) is 7.59. The lowest BCUT2D eigenvalue weighted by molar-refractivity contribution is 0.451. The molecule has 0 saturated carbocycles. The minimum Gasteiger partial charge on any atom is -0.493 e. The molecule has 0 aliphatic rings. The number of nitrogens with one attached hydrogen (secondary N) is 1. The van der Waals surface area contributed by atoms with Crippen molar-refractivity contribution in [2.45, 2.75) is 13.8 Å². The van der Waals surface area contributed by atoms with E-state index in [1.165, 1.54) is 0 Å². The van der Waals surface area contributed by atoms with Gasteiger partial charge < -0.3 is 10.1 Å². The van der Waals surface area contributed by atoms with E-state index >= 15 is 0 Å². The highest BCUT2D eigenvalue weighted by Gasteiger charge is 2.12. The van der Waals surface area contributed by atoms with Crippen molar-refractivity contribution in [2.75, 3.05) is 0 Å². The number of benzene rings is 1. The van der Waals surface area contributed by atoms with Gasteiger partial charge in [0.15, 0.2) is 0 Å². The number of nitrogens with zero attached hydrogens (tertiary/aromatic N) is 1. The molecule has 2 aromatic rings. The second-order valence-corrected chi connectivity index (χ2v) is 3.66. The Morgan fingerprint density at radius 1 is 1.25 bits per heavy atom. The van der Waals surface area contributed by atoms with E-state index in [2.05, 4.69) is 9.97 Å². The average Bonchev–Trinajstić information content (AvgIpc) is 2.19. The molecular formula is C12H12N2O2. The highest BCUT2D eigenvalue weighted by atomic mass is 16.3. The Kier molecular flexibility index (Phi) is 2.48. The highest BCUT2D eigenvalue weighted by molar-refractivity contribution is 5.70. The Hall–Kier alpha value is -2.10. The smallest absolute Gasteiger partial charge is 0.262 e. The minimum absolute atomic E-state index is 0.226. The normalized spacial score (nSPS) is 10.4. The number of aromatic amines is 1. The molecule has 0 atom stereocenters. The maximum atomic E-state index is 11.8. The first kappa shape index (κ1) is 10.4. The lowest BCUT2D eigenvalue weighted by atomic mass is 10.0. The quantitative estimate of drug-likeness (QED) is 0.763. The summed E-state index contributed by atoms with van der Waals surface area (Å²) in [4.78, 5) is 18.2. The molecule has 16 heavy (non-hydrogen) atoms. The second kappa shape index (κ2) is 3.81. The van der Waals surface area contributed by atoms with Crippen molar-refractivity contribution in [3.8, 4) is 17.0 Å². The van der Waals surface area contributed by atoms with E-state index in [9.17, 15) is 9.90 Å². The van der Waals surface area contributed by atoms with E-state index in [0.29, 0.717) is 11.4 Å². The molecule has 2 N–H and O–H groups in total. The third-order valence-electron chi connectivity index (χ3n) is 2.43. The molecule has 0 radical (unpaired) electrons. The number of hydrogen-bond acceptors (Lipinski definition) is 3. The van der Waals surface area contributed by atoms with E-state index < -0.39 is 0 Å². The summed E-state index contributed by atoms with van der Waals surface area (Å²) < 4.78 is 0. The Morgan fingerprint density at radius 2 is 1.94 bits per heavy atom. The zero-order valence-corrected chi connectivity index (χ0v) is 9.11. The Labute approximate surface area is 92.6 Å². The van der Waals surface area contributed by atoms with Crippen LogP contribution < -0.4 is 5.56 Å². The van der Waals surface area contributed by atoms with Crippen LogP contribution in [0.15, 0.2) is 29.1 Å². The SMILES string of the molecule is Cc1nc(O)c(-c2ccccc2C)c(=O)[nH]1. The maximum Gasteiger partial charge on any atom is 0.262 e. The second-order valence-electron chi connectivity index (χ2n) is 3.66. The van der Waals surface area contributed by atoms with Gasteiger partial charge in [0, 0.05) is 0 Å². The van der Waals surface area contributed by atoms with Gasteiger partial charge in [0.1, 0.15) is 11.4 Å². The molecule has 0 amide bonds. The predicted octanol–water partition coefficient (Wildman–Crippen LogP) is 1.76. The fourth-order valence-electron chi connectivity index (χ4n) is 1.67. The molecule has 1 aromatic heterocycles. The maximum absolute atomic E-state index is 11.8. The number of aryl methyl sites for hydroxylation is 2. The number of aromatic hydroxyl groups is 1. The van der Waals surface area contributed by atoms with E-state index in [1.54, 1.807) is 13.0 Å². The molecule has 2 rings (SSSR count). The first-order valence-electron chi connectivity index (χ1n) is 4.95. The van der Waals surface area contributed by atoms with Crippen LogP contribution in [0.2, 0.25) is 0 Å². The average molecular weight is 216 g/mol. The monoisotopic (exact) mass is 216 g/mol. The molecule has 82 valence electrons. The summed E-state index contributed by atoms with van der Waals surface area (Å²) in [5.41, 5.74) is 1.53. The lowest BCUT2D eigenvalue weighted by Gasteiger charge is -2.06. The van der Waals surface area contributed by atoms with Gasteiger partial charge in [0.25, 0.3) is 5.56 Å². The third kappa shape index (κ3) is 1.69. The number of hydrogen-bond donors (Lipinski definition) is 2. The predicted molar refractivity (Wildman–Crippen MR) is 61.4 cm³/mol. The zero-order valence-electron chi connectivity index (χ0n) is 9.11. The topological polar surface area (TPSA) is 66.0 Å². The summed E-state index contributed by atoms with van der Waals surface area (Å²) >= 11 is 0. The van der Waals surface area contributed by atoms with Crippen LogP contribution in [0.25, 0.3) is 11.1 Å². The van der Waals surface area contributed by atoms with E-state index in [1.807, 2.05) is 25.1 Å². The molecular weight excluding hydrogens is 204 g/mol. The molecule has 4 heteroatoms. The summed E-state index contributed by atoms with van der Waals surface area (Å²) in [6, 6.07) is 7.37. The number of H-pyrrole nitrogens is 1. The van der Waals surface area contributed by atoms with Crippen molar-refractivity contribution in [3.63, 3.8) is 0 Å². The summed E-state index contributed by atoms with van der Waals surface area (Å²) in [7, 11) is 0. The largest absolute Gasteiger partial charge is 0.493 e. The zero-order chi connectivity index (χ0) is 11.7. The number of aromatic nitrogens is 2. The van der Waals surface area contributed by atoms with E-state index in [-0.39, 0.29) is 17.0 Å². The molecule has 0 fully saturated rings. The Balaban J connectivity index is 2.75. The van der Waals surface area contributed by atoms with Gasteiger partial charge in [-0.15, -0.1) is 0 Å². The molecule has 1 aromatic carbocycles. The fraction of sp³-hybridized carbons (Fsp3) is 0.167. The van der Waals surface area contributed by atoms with Gasteiger partial charge in [-0.1, -0.05) is 24.3 Å². The van der Waals surface area contributed by atoms with Crippen molar-refractivity contribution in [1.29, 1.82) is 0 Å². The van der Waals surface area contributed by atoms with Gasteiger partial charge >= 0.3 is 0 Å². The molecule has 0 unspecified atom stereocenters. The lowest BCUT2D eigenvalue weighted by Crippen LogP contribution is -2.12. The highest BCUT2D eigenvalue weighted by Crippen LogP contribution is 2.25. The van der Waals surface area contributed by atoms with Crippen LogP contribution in [0.1, 0.15) is 11.4 Å². The molecule has 0 spiro atoms. The van der Waals surface area contributed by atoms with Crippen molar-refractivity contribution in [1.82, 2.24) is 9.97 Å². The van der Waals surface area contributed by atoms with Crippen molar-refractivity contribution in [2.24, 2.45) is 0 Å². The molecule has 0 aliphatic heterocycles. The summed E-state index contributed by atoms with van der Waals surface area (Å²) in [5, 5.41) is 9.72. The summed E-state index contributed by atoms with van der Waals surface area (Å²) in [6.07, 6.45) is 0. The Morgan fingerprint density at radius 3 is 2.56 bits per heavy atom. The fourth-order valence-corrected chi connectivity index (χ4v) is 1.67. The molecule has 1 heterocycles. The van der Waals surface area contributed by atoms with Crippen LogP contribution in [0.4, 0.5) is 0 Å². The van der Waals surface area contributed by atoms with Crippen LogP contribution in [-0.2, 0) is 0 Å². The van der Waals surface area contributed by atoms with E-state index in [0.717, 1.165) is 5.56 Å². The minimum atomic E-state index is -0.320. The molecule has 0 saturated heterocycles. The number of rotatable bonds is 1. The summed E-state index contributed by atoms with van der Waals surface area (Å²) in [5.74, 6) is 0.176. The third-order valence-corrected chi connectivity index (χ3v) is 2.43. The standard InChI is InChI=1S/C12H12N2O2/c1-7-5-3-4-6-9(7)10-11(15)13-8(2)14-12(10)16/h3-6H,1-2H3,(H2,13,14,15,16). The van der Waals surface area contributed by atoms with Gasteiger partial charge in [-0.05, 0) is 25.0 Å². The Bertz CT molecular complexity index is 588.